The van der Waals surface area contributed by atoms with Gasteiger partial charge in [0.15, 0.2) is 5.76 Å². The zero-order valence-electron chi connectivity index (χ0n) is 8.88. The van der Waals surface area contributed by atoms with E-state index in [0.717, 1.165) is 0 Å². The molecular formula is C9H11Cl2N3O3. The van der Waals surface area contributed by atoms with Crippen LogP contribution in [-0.4, -0.2) is 41.0 Å². The van der Waals surface area contributed by atoms with Crippen LogP contribution in [0.1, 0.15) is 5.76 Å². The van der Waals surface area contributed by atoms with Gasteiger partial charge in [0, 0.05) is 24.8 Å². The predicted molar refractivity (Wildman–Crippen MR) is 66.0 cm³/mol. The molecule has 0 fully saturated rings. The van der Waals surface area contributed by atoms with Crippen molar-refractivity contribution in [2.24, 2.45) is 5.10 Å². The zero-order chi connectivity index (χ0) is 12.7. The maximum atomic E-state index is 10.4. The summed E-state index contributed by atoms with van der Waals surface area (Å²) < 4.78 is 4.91. The number of furan rings is 1. The van der Waals surface area contributed by atoms with Crippen LogP contribution in [0.25, 0.3) is 0 Å². The Kier molecular flexibility index (Phi) is 5.79. The van der Waals surface area contributed by atoms with Gasteiger partial charge in [0.05, 0.1) is 12.3 Å². The molecule has 0 bridgehead atoms. The Hall–Kier alpha value is -1.27. The number of rotatable bonds is 7. The first-order valence-corrected chi connectivity index (χ1v) is 5.89. The second-order valence-corrected chi connectivity index (χ2v) is 3.77. The largest absolute Gasteiger partial charge is 0.433 e. The Morgan fingerprint density at radius 1 is 1.41 bits per heavy atom. The van der Waals surface area contributed by atoms with E-state index in [2.05, 4.69) is 5.10 Å². The van der Waals surface area contributed by atoms with Gasteiger partial charge in [-0.1, -0.05) is 0 Å². The molecule has 0 saturated heterocycles. The summed E-state index contributed by atoms with van der Waals surface area (Å²) in [5.74, 6) is 0.845. The second-order valence-electron chi connectivity index (χ2n) is 3.01. The van der Waals surface area contributed by atoms with Gasteiger partial charge in [0.2, 0.25) is 0 Å². The molecule has 1 rings (SSSR count). The minimum Gasteiger partial charge on any atom is -0.400 e. The third kappa shape index (κ3) is 4.62. The van der Waals surface area contributed by atoms with Crippen LogP contribution in [0.15, 0.2) is 21.7 Å². The van der Waals surface area contributed by atoms with Crippen molar-refractivity contribution in [3.8, 4) is 0 Å². The topological polar surface area (TPSA) is 71.9 Å². The minimum atomic E-state index is -0.605. The van der Waals surface area contributed by atoms with Crippen molar-refractivity contribution in [3.63, 3.8) is 0 Å². The van der Waals surface area contributed by atoms with Gasteiger partial charge in [-0.25, -0.2) is 0 Å². The molecule has 0 aliphatic rings. The predicted octanol–water partition coefficient (Wildman–Crippen LogP) is 2.30. The lowest BCUT2D eigenvalue weighted by Gasteiger charge is -2.15. The number of hydrogen-bond donors (Lipinski definition) is 0. The van der Waals surface area contributed by atoms with E-state index in [1.54, 1.807) is 5.01 Å². The first-order chi connectivity index (χ1) is 8.17. The highest BCUT2D eigenvalue weighted by atomic mass is 35.5. The highest BCUT2D eigenvalue weighted by Gasteiger charge is 2.10. The molecular weight excluding hydrogens is 269 g/mol. The fourth-order valence-corrected chi connectivity index (χ4v) is 1.46. The van der Waals surface area contributed by atoms with Crippen LogP contribution >= 0.6 is 23.2 Å². The van der Waals surface area contributed by atoms with Crippen molar-refractivity contribution in [1.82, 2.24) is 5.01 Å². The van der Waals surface area contributed by atoms with E-state index in [1.165, 1.54) is 18.3 Å². The van der Waals surface area contributed by atoms with E-state index >= 15 is 0 Å². The molecule has 1 heterocycles. The highest BCUT2D eigenvalue weighted by Crippen LogP contribution is 2.13. The SMILES string of the molecule is O=[N+]([O-])c1ccc(/C=N/N(CCCl)CCCl)o1. The highest BCUT2D eigenvalue weighted by molar-refractivity contribution is 6.18. The van der Waals surface area contributed by atoms with Gasteiger partial charge < -0.3 is 4.42 Å². The Morgan fingerprint density at radius 2 is 2.06 bits per heavy atom. The Balaban J connectivity index is 2.63. The second kappa shape index (κ2) is 7.13. The van der Waals surface area contributed by atoms with Gasteiger partial charge in [-0.05, 0) is 6.07 Å². The van der Waals surface area contributed by atoms with Gasteiger partial charge >= 0.3 is 5.88 Å². The van der Waals surface area contributed by atoms with Crippen LogP contribution in [0.3, 0.4) is 0 Å². The van der Waals surface area contributed by atoms with E-state index in [1.807, 2.05) is 0 Å². The van der Waals surface area contributed by atoms with Crippen LogP contribution in [0, 0.1) is 10.1 Å². The summed E-state index contributed by atoms with van der Waals surface area (Å²) in [5.41, 5.74) is 0. The molecule has 0 saturated carbocycles. The molecule has 1 aromatic rings. The van der Waals surface area contributed by atoms with Gasteiger partial charge in [0.25, 0.3) is 0 Å². The van der Waals surface area contributed by atoms with Gasteiger partial charge in [-0.3, -0.25) is 15.1 Å². The molecule has 0 aromatic carbocycles. The van der Waals surface area contributed by atoms with E-state index in [-0.39, 0.29) is 5.88 Å². The number of halogens is 2. The summed E-state index contributed by atoms with van der Waals surface area (Å²) in [7, 11) is 0. The van der Waals surface area contributed by atoms with Gasteiger partial charge in [-0.15, -0.1) is 23.2 Å². The molecule has 0 aliphatic heterocycles. The van der Waals surface area contributed by atoms with E-state index < -0.39 is 4.92 Å². The number of hydrazone groups is 1. The van der Waals surface area contributed by atoms with Crippen molar-refractivity contribution >= 4 is 35.3 Å². The fourth-order valence-electron chi connectivity index (χ4n) is 1.07. The summed E-state index contributed by atoms with van der Waals surface area (Å²) in [6.45, 7) is 1.10. The van der Waals surface area contributed by atoms with Crippen molar-refractivity contribution < 1.29 is 9.34 Å². The fraction of sp³-hybridized carbons (Fsp3) is 0.444. The molecule has 8 heteroatoms. The first-order valence-electron chi connectivity index (χ1n) is 4.82. The van der Waals surface area contributed by atoms with Crippen LogP contribution in [-0.2, 0) is 0 Å². The molecule has 0 atom stereocenters. The average Bonchev–Trinajstić information content (AvgIpc) is 2.75. The maximum Gasteiger partial charge on any atom is 0.433 e. The normalized spacial score (nSPS) is 10.9. The summed E-state index contributed by atoms with van der Waals surface area (Å²) in [6, 6.07) is 2.75. The molecule has 6 nitrogen and oxygen atoms in total. The quantitative estimate of drug-likeness (QED) is 0.332. The van der Waals surface area contributed by atoms with Crippen molar-refractivity contribution in [2.75, 3.05) is 24.8 Å². The van der Waals surface area contributed by atoms with Crippen molar-refractivity contribution in [1.29, 1.82) is 0 Å². The third-order valence-electron chi connectivity index (χ3n) is 1.83. The van der Waals surface area contributed by atoms with E-state index in [0.29, 0.717) is 30.6 Å². The molecule has 0 aliphatic carbocycles. The zero-order valence-corrected chi connectivity index (χ0v) is 10.4. The standard InChI is InChI=1S/C9H11Cl2N3O3/c10-3-5-13(6-4-11)12-7-8-1-2-9(17-8)14(15)16/h1-2,7H,3-6H2/b12-7+. The number of nitrogens with zero attached hydrogens (tertiary/aromatic N) is 3. The molecule has 0 N–H and O–H groups in total. The van der Waals surface area contributed by atoms with Crippen LogP contribution in [0.4, 0.5) is 5.88 Å². The lowest BCUT2D eigenvalue weighted by molar-refractivity contribution is -0.402. The molecule has 94 valence electrons. The molecule has 0 amide bonds. The van der Waals surface area contributed by atoms with E-state index in [9.17, 15) is 10.1 Å². The molecule has 0 radical (unpaired) electrons. The minimum absolute atomic E-state index is 0.311. The summed E-state index contributed by atoms with van der Waals surface area (Å²) in [6.07, 6.45) is 1.39. The number of nitro groups is 1. The monoisotopic (exact) mass is 279 g/mol. The number of hydrogen-bond acceptors (Lipinski definition) is 5. The smallest absolute Gasteiger partial charge is 0.400 e. The lowest BCUT2D eigenvalue weighted by atomic mass is 10.5. The molecule has 0 unspecified atom stereocenters. The molecule has 0 spiro atoms. The van der Waals surface area contributed by atoms with E-state index in [4.69, 9.17) is 27.6 Å². The van der Waals surface area contributed by atoms with Crippen molar-refractivity contribution in [2.45, 2.75) is 0 Å². The summed E-state index contributed by atoms with van der Waals surface area (Å²) in [5, 5.41) is 16.1. The van der Waals surface area contributed by atoms with Crippen molar-refractivity contribution in [3.05, 3.63) is 28.0 Å². The Bertz CT molecular complexity index is 389. The third-order valence-corrected chi connectivity index (χ3v) is 2.16. The molecule has 17 heavy (non-hydrogen) atoms. The lowest BCUT2D eigenvalue weighted by Crippen LogP contribution is -2.22. The average molecular weight is 280 g/mol. The Labute approximate surface area is 108 Å². The van der Waals surface area contributed by atoms with Gasteiger partial charge in [0.1, 0.15) is 4.92 Å². The van der Waals surface area contributed by atoms with Gasteiger partial charge in [-0.2, -0.15) is 5.10 Å². The Morgan fingerprint density at radius 3 is 2.53 bits per heavy atom. The van der Waals surface area contributed by atoms with Crippen LogP contribution in [0.5, 0.6) is 0 Å². The first kappa shape index (κ1) is 13.8. The summed E-state index contributed by atoms with van der Waals surface area (Å²) in [4.78, 5) is 9.77. The van der Waals surface area contributed by atoms with Crippen LogP contribution in [0.2, 0.25) is 0 Å². The maximum absolute atomic E-state index is 10.4. The molecule has 1 aromatic heterocycles. The van der Waals surface area contributed by atoms with Crippen LogP contribution < -0.4 is 0 Å². The number of alkyl halides is 2. The summed E-state index contributed by atoms with van der Waals surface area (Å²) >= 11 is 11.2.